The number of hydrogen-bond acceptors (Lipinski definition) is 8. The Morgan fingerprint density at radius 2 is 1.87 bits per heavy atom. The Labute approximate surface area is 234 Å². The lowest BCUT2D eigenvalue weighted by Gasteiger charge is -2.32. The van der Waals surface area contributed by atoms with Gasteiger partial charge in [0, 0.05) is 55.1 Å². The van der Waals surface area contributed by atoms with E-state index in [4.69, 9.17) is 9.72 Å². The summed E-state index contributed by atoms with van der Waals surface area (Å²) < 4.78 is 5.73. The smallest absolute Gasteiger partial charge is 0.251 e. The van der Waals surface area contributed by atoms with Gasteiger partial charge in [-0.2, -0.15) is 0 Å². The molecule has 9 nitrogen and oxygen atoms in total. The van der Waals surface area contributed by atoms with Crippen LogP contribution in [0.4, 0.5) is 5.13 Å². The maximum atomic E-state index is 13.7. The van der Waals surface area contributed by atoms with Crippen LogP contribution in [-0.2, 0) is 14.3 Å². The molecule has 0 bridgehead atoms. The monoisotopic (exact) mass is 553 g/mol. The molecule has 10 heteroatoms. The van der Waals surface area contributed by atoms with E-state index in [1.807, 2.05) is 26.0 Å². The van der Waals surface area contributed by atoms with Gasteiger partial charge in [0.15, 0.2) is 10.9 Å². The Morgan fingerprint density at radius 1 is 1.15 bits per heavy atom. The SMILES string of the molecule is CC[C@@H]1CN(C(=O)[C@H](CC(C)C)NC(=O)c2ccc(-c3csc(N4CCN(C)CC4)n3)cc2)[C@@H]2C(=O)CO[C@H]12. The maximum Gasteiger partial charge on any atom is 0.251 e. The van der Waals surface area contributed by atoms with E-state index >= 15 is 0 Å². The molecule has 5 rings (SSSR count). The lowest BCUT2D eigenvalue weighted by molar-refractivity contribution is -0.138. The summed E-state index contributed by atoms with van der Waals surface area (Å²) in [6.07, 6.45) is 1.09. The second-order valence-electron chi connectivity index (χ2n) is 11.4. The van der Waals surface area contributed by atoms with Gasteiger partial charge in [-0.3, -0.25) is 14.4 Å². The molecule has 3 saturated heterocycles. The van der Waals surface area contributed by atoms with E-state index < -0.39 is 12.1 Å². The van der Waals surface area contributed by atoms with E-state index in [0.29, 0.717) is 18.5 Å². The minimum atomic E-state index is -0.702. The molecule has 3 aliphatic rings. The number of carbonyl (C=O) groups excluding carboxylic acids is 3. The van der Waals surface area contributed by atoms with Gasteiger partial charge in [0.25, 0.3) is 5.91 Å². The number of ether oxygens (including phenoxy) is 1. The molecule has 1 aromatic carbocycles. The molecule has 3 aliphatic heterocycles. The Morgan fingerprint density at radius 3 is 2.54 bits per heavy atom. The molecule has 2 aromatic rings. The maximum absolute atomic E-state index is 13.7. The summed E-state index contributed by atoms with van der Waals surface area (Å²) in [4.78, 5) is 50.6. The highest BCUT2D eigenvalue weighted by Gasteiger charge is 2.52. The number of likely N-dealkylation sites (N-methyl/N-ethyl adjacent to an activating group) is 1. The highest BCUT2D eigenvalue weighted by molar-refractivity contribution is 7.14. The molecule has 1 N–H and O–H groups in total. The van der Waals surface area contributed by atoms with E-state index in [1.54, 1.807) is 28.4 Å². The van der Waals surface area contributed by atoms with Crippen molar-refractivity contribution in [3.8, 4) is 11.3 Å². The number of Topliss-reactive ketones (excluding diaryl/α,β-unsaturated/α-hetero) is 1. The normalized spacial score (nSPS) is 24.3. The second kappa shape index (κ2) is 11.7. The largest absolute Gasteiger partial charge is 0.367 e. The number of piperazine rings is 1. The van der Waals surface area contributed by atoms with Gasteiger partial charge < -0.3 is 24.8 Å². The van der Waals surface area contributed by atoms with Gasteiger partial charge in [-0.15, -0.1) is 11.3 Å². The van der Waals surface area contributed by atoms with Crippen LogP contribution in [0.25, 0.3) is 11.3 Å². The van der Waals surface area contributed by atoms with Crippen LogP contribution < -0.4 is 10.2 Å². The fraction of sp³-hybridized carbons (Fsp3) is 0.586. The molecule has 2 amide bonds. The Bertz CT molecular complexity index is 1190. The summed E-state index contributed by atoms with van der Waals surface area (Å²) in [5.74, 6) is -0.217. The number of carbonyl (C=O) groups is 3. The zero-order valence-electron chi connectivity index (χ0n) is 23.3. The number of fused-ring (bicyclic) bond motifs is 1. The summed E-state index contributed by atoms with van der Waals surface area (Å²) >= 11 is 1.64. The summed E-state index contributed by atoms with van der Waals surface area (Å²) in [5.41, 5.74) is 2.33. The van der Waals surface area contributed by atoms with Crippen molar-refractivity contribution >= 4 is 34.1 Å². The number of amides is 2. The number of nitrogens with one attached hydrogen (secondary N) is 1. The van der Waals surface area contributed by atoms with E-state index in [2.05, 4.69) is 34.5 Å². The van der Waals surface area contributed by atoms with E-state index in [1.165, 1.54) is 0 Å². The Hall–Kier alpha value is -2.82. The Kier molecular flexibility index (Phi) is 8.35. The molecule has 4 heterocycles. The van der Waals surface area contributed by atoms with Crippen LogP contribution in [0.3, 0.4) is 0 Å². The first kappa shape index (κ1) is 27.7. The van der Waals surface area contributed by atoms with Crippen LogP contribution in [0.1, 0.15) is 44.0 Å². The van der Waals surface area contributed by atoms with Crippen LogP contribution in [0, 0.1) is 11.8 Å². The number of aromatic nitrogens is 1. The number of nitrogens with zero attached hydrogens (tertiary/aromatic N) is 4. The number of benzene rings is 1. The highest BCUT2D eigenvalue weighted by atomic mass is 32.1. The summed E-state index contributed by atoms with van der Waals surface area (Å²) in [6.45, 7) is 10.6. The van der Waals surface area contributed by atoms with Gasteiger partial charge in [-0.05, 0) is 37.9 Å². The zero-order chi connectivity index (χ0) is 27.7. The topological polar surface area (TPSA) is 95.1 Å². The van der Waals surface area contributed by atoms with Crippen molar-refractivity contribution in [1.29, 1.82) is 0 Å². The number of thiazole rings is 1. The van der Waals surface area contributed by atoms with E-state index in [0.717, 1.165) is 49.0 Å². The number of rotatable bonds is 8. The highest BCUT2D eigenvalue weighted by Crippen LogP contribution is 2.34. The molecule has 39 heavy (non-hydrogen) atoms. The van der Waals surface area contributed by atoms with Crippen molar-refractivity contribution in [3.63, 3.8) is 0 Å². The molecule has 0 spiro atoms. The Balaban J connectivity index is 1.26. The third kappa shape index (κ3) is 5.88. The lowest BCUT2D eigenvalue weighted by atomic mass is 9.99. The zero-order valence-corrected chi connectivity index (χ0v) is 24.1. The van der Waals surface area contributed by atoms with Crippen molar-refractivity contribution in [3.05, 3.63) is 35.2 Å². The summed E-state index contributed by atoms with van der Waals surface area (Å²) in [5, 5.41) is 6.05. The van der Waals surface area contributed by atoms with Crippen molar-refractivity contribution in [1.82, 2.24) is 20.1 Å². The fourth-order valence-electron chi connectivity index (χ4n) is 5.81. The number of anilines is 1. The molecule has 210 valence electrons. The molecule has 0 aliphatic carbocycles. The summed E-state index contributed by atoms with van der Waals surface area (Å²) in [7, 11) is 2.14. The van der Waals surface area contributed by atoms with Crippen LogP contribution >= 0.6 is 11.3 Å². The second-order valence-corrected chi connectivity index (χ2v) is 12.2. The van der Waals surface area contributed by atoms with Gasteiger partial charge in [0.2, 0.25) is 5.91 Å². The molecule has 3 fully saturated rings. The molecular formula is C29H39N5O4S. The predicted molar refractivity (Wildman–Crippen MR) is 152 cm³/mol. The van der Waals surface area contributed by atoms with Crippen LogP contribution in [0.5, 0.6) is 0 Å². The minimum Gasteiger partial charge on any atom is -0.367 e. The fourth-order valence-corrected chi connectivity index (χ4v) is 6.70. The lowest BCUT2D eigenvalue weighted by Crippen LogP contribution is -2.52. The van der Waals surface area contributed by atoms with Gasteiger partial charge >= 0.3 is 0 Å². The number of likely N-dealkylation sites (tertiary alicyclic amines) is 1. The van der Waals surface area contributed by atoms with Crippen LogP contribution in [-0.4, -0.2) is 96.9 Å². The molecule has 0 unspecified atom stereocenters. The minimum absolute atomic E-state index is 0.0488. The number of hydrogen-bond donors (Lipinski definition) is 1. The van der Waals surface area contributed by atoms with Gasteiger partial charge in [0.05, 0.1) is 11.8 Å². The molecule has 1 aromatic heterocycles. The van der Waals surface area contributed by atoms with Crippen LogP contribution in [0.15, 0.2) is 29.6 Å². The van der Waals surface area contributed by atoms with Crippen molar-refractivity contribution in [2.24, 2.45) is 11.8 Å². The third-order valence-electron chi connectivity index (χ3n) is 8.12. The summed E-state index contributed by atoms with van der Waals surface area (Å²) in [6, 6.07) is 6.13. The average Bonchev–Trinajstić information content (AvgIpc) is 3.65. The molecular weight excluding hydrogens is 514 g/mol. The first-order valence-corrected chi connectivity index (χ1v) is 14.9. The standard InChI is InChI=1S/C29H39N5O4S/c1-5-19-15-34(25-24(35)16-38-26(19)25)28(37)22(14-18(2)3)30-27(36)21-8-6-20(7-9-21)23-17-39-29(31-23)33-12-10-32(4)11-13-33/h6-9,17-19,22,25-26H,5,10-16H2,1-4H3,(H,30,36)/t19-,22+,25-,26-/m1/s1. The third-order valence-corrected chi connectivity index (χ3v) is 9.02. The van der Waals surface area contributed by atoms with Crippen molar-refractivity contribution in [2.75, 3.05) is 51.3 Å². The number of ketones is 1. The van der Waals surface area contributed by atoms with E-state index in [-0.39, 0.29) is 42.1 Å². The quantitative estimate of drug-likeness (QED) is 0.537. The molecule has 4 atom stereocenters. The van der Waals surface area contributed by atoms with Crippen molar-refractivity contribution < 1.29 is 19.1 Å². The predicted octanol–water partition coefficient (Wildman–Crippen LogP) is 2.91. The molecule has 0 radical (unpaired) electrons. The van der Waals surface area contributed by atoms with Gasteiger partial charge in [0.1, 0.15) is 18.7 Å². The van der Waals surface area contributed by atoms with Crippen molar-refractivity contribution in [2.45, 2.75) is 51.8 Å². The average molecular weight is 554 g/mol. The first-order chi connectivity index (χ1) is 18.7. The van der Waals surface area contributed by atoms with Crippen LogP contribution in [0.2, 0.25) is 0 Å². The van der Waals surface area contributed by atoms with E-state index in [9.17, 15) is 14.4 Å². The van der Waals surface area contributed by atoms with Gasteiger partial charge in [-0.25, -0.2) is 4.98 Å². The van der Waals surface area contributed by atoms with Gasteiger partial charge in [-0.1, -0.05) is 32.9 Å². The first-order valence-electron chi connectivity index (χ1n) is 14.0. The molecule has 0 saturated carbocycles.